The van der Waals surface area contributed by atoms with Crippen LogP contribution in [-0.4, -0.2) is 25.8 Å². The molecule has 1 N–H and O–H groups in total. The van der Waals surface area contributed by atoms with Crippen molar-refractivity contribution >= 4 is 0 Å². The molecule has 4 heteroatoms. The molecule has 0 bridgehead atoms. The Morgan fingerprint density at radius 2 is 2.11 bits per heavy atom. The highest BCUT2D eigenvalue weighted by Gasteiger charge is 2.24. The van der Waals surface area contributed by atoms with Gasteiger partial charge in [-0.2, -0.15) is 5.26 Å². The van der Waals surface area contributed by atoms with Crippen LogP contribution in [0.2, 0.25) is 0 Å². The maximum atomic E-state index is 9.24. The summed E-state index contributed by atoms with van der Waals surface area (Å²) in [6.07, 6.45) is 0.977. The van der Waals surface area contributed by atoms with Crippen LogP contribution in [0.3, 0.4) is 0 Å². The summed E-state index contributed by atoms with van der Waals surface area (Å²) in [6, 6.07) is 8.00. The zero-order valence-electron chi connectivity index (χ0n) is 12.1. The number of hydrogen-bond acceptors (Lipinski definition) is 4. The van der Waals surface area contributed by atoms with Gasteiger partial charge in [0.2, 0.25) is 0 Å². The Hall–Kier alpha value is -1.73. The third-order valence-corrected chi connectivity index (χ3v) is 2.85. The normalized spacial score (nSPS) is 13.4. The lowest BCUT2D eigenvalue weighted by Gasteiger charge is -2.23. The molecular formula is C15H22N2O2. The molecular weight excluding hydrogens is 240 g/mol. The third-order valence-electron chi connectivity index (χ3n) is 2.85. The summed E-state index contributed by atoms with van der Waals surface area (Å²) < 4.78 is 11.0. The fourth-order valence-electron chi connectivity index (χ4n) is 1.64. The van der Waals surface area contributed by atoms with Gasteiger partial charge >= 0.3 is 0 Å². The van der Waals surface area contributed by atoms with E-state index in [0.717, 1.165) is 18.5 Å². The van der Waals surface area contributed by atoms with Crippen molar-refractivity contribution in [3.63, 3.8) is 0 Å². The number of benzene rings is 1. The van der Waals surface area contributed by atoms with Crippen molar-refractivity contribution in [2.45, 2.75) is 32.7 Å². The van der Waals surface area contributed by atoms with E-state index >= 15 is 0 Å². The smallest absolute Gasteiger partial charge is 0.161 e. The highest BCUT2D eigenvalue weighted by molar-refractivity contribution is 5.42. The molecule has 0 heterocycles. The van der Waals surface area contributed by atoms with Crippen LogP contribution in [-0.2, 0) is 0 Å². The summed E-state index contributed by atoms with van der Waals surface area (Å²) in [4.78, 5) is 0. The van der Waals surface area contributed by atoms with E-state index in [9.17, 15) is 5.26 Å². The molecule has 0 saturated carbocycles. The standard InChI is InChI=1S/C15H22N2O2/c1-5-8-17-15(3,10-16)11-19-13-7-6-12(2)9-14(13)18-4/h6-7,9,17H,5,8,11H2,1-4H3. The molecule has 0 amide bonds. The predicted molar refractivity (Wildman–Crippen MR) is 75.5 cm³/mol. The first kappa shape index (κ1) is 15.3. The number of aryl methyl sites for hydroxylation is 1. The summed E-state index contributed by atoms with van der Waals surface area (Å²) >= 11 is 0. The molecule has 104 valence electrons. The summed E-state index contributed by atoms with van der Waals surface area (Å²) in [5.74, 6) is 1.35. The monoisotopic (exact) mass is 262 g/mol. The second kappa shape index (κ2) is 7.01. The quantitative estimate of drug-likeness (QED) is 0.820. The number of methoxy groups -OCH3 is 1. The van der Waals surface area contributed by atoms with Crippen molar-refractivity contribution in [3.05, 3.63) is 23.8 Å². The van der Waals surface area contributed by atoms with Crippen LogP contribution >= 0.6 is 0 Å². The maximum Gasteiger partial charge on any atom is 0.161 e. The van der Waals surface area contributed by atoms with Gasteiger partial charge in [0.05, 0.1) is 13.2 Å². The minimum Gasteiger partial charge on any atom is -0.493 e. The lowest BCUT2D eigenvalue weighted by atomic mass is 10.1. The van der Waals surface area contributed by atoms with E-state index in [1.807, 2.05) is 32.0 Å². The molecule has 0 aromatic heterocycles. The van der Waals surface area contributed by atoms with Crippen molar-refractivity contribution in [1.29, 1.82) is 5.26 Å². The Balaban J connectivity index is 2.72. The van der Waals surface area contributed by atoms with E-state index in [-0.39, 0.29) is 6.61 Å². The largest absolute Gasteiger partial charge is 0.493 e. The van der Waals surface area contributed by atoms with Gasteiger partial charge in [-0.05, 0) is 44.5 Å². The van der Waals surface area contributed by atoms with Gasteiger partial charge in [-0.15, -0.1) is 0 Å². The maximum absolute atomic E-state index is 9.24. The fraction of sp³-hybridized carbons (Fsp3) is 0.533. The highest BCUT2D eigenvalue weighted by Crippen LogP contribution is 2.28. The van der Waals surface area contributed by atoms with Gasteiger partial charge in [-0.25, -0.2) is 0 Å². The van der Waals surface area contributed by atoms with Gasteiger partial charge in [-0.3, -0.25) is 5.32 Å². The molecule has 19 heavy (non-hydrogen) atoms. The minimum atomic E-state index is -0.689. The molecule has 1 aromatic rings. The molecule has 0 saturated heterocycles. The number of nitriles is 1. The molecule has 0 aliphatic carbocycles. The van der Waals surface area contributed by atoms with Gasteiger partial charge < -0.3 is 9.47 Å². The first-order valence-corrected chi connectivity index (χ1v) is 6.48. The highest BCUT2D eigenvalue weighted by atomic mass is 16.5. The van der Waals surface area contributed by atoms with Crippen molar-refractivity contribution in [2.75, 3.05) is 20.3 Å². The molecule has 4 nitrogen and oxygen atoms in total. The van der Waals surface area contributed by atoms with Crippen LogP contribution < -0.4 is 14.8 Å². The van der Waals surface area contributed by atoms with Crippen molar-refractivity contribution < 1.29 is 9.47 Å². The van der Waals surface area contributed by atoms with E-state index in [1.54, 1.807) is 7.11 Å². The number of hydrogen-bond donors (Lipinski definition) is 1. The van der Waals surface area contributed by atoms with Gasteiger partial charge in [0, 0.05) is 0 Å². The molecule has 1 unspecified atom stereocenters. The van der Waals surface area contributed by atoms with Gasteiger partial charge in [0.25, 0.3) is 0 Å². The van der Waals surface area contributed by atoms with Crippen LogP contribution in [0.15, 0.2) is 18.2 Å². The Bertz CT molecular complexity index is 454. The summed E-state index contributed by atoms with van der Waals surface area (Å²) in [5, 5.41) is 12.4. The first-order chi connectivity index (χ1) is 9.04. The number of nitrogens with one attached hydrogen (secondary N) is 1. The minimum absolute atomic E-state index is 0.281. The lowest BCUT2D eigenvalue weighted by molar-refractivity contribution is 0.225. The van der Waals surface area contributed by atoms with E-state index < -0.39 is 5.54 Å². The summed E-state index contributed by atoms with van der Waals surface area (Å²) in [5.41, 5.74) is 0.419. The van der Waals surface area contributed by atoms with Gasteiger partial charge in [0.1, 0.15) is 12.1 Å². The van der Waals surface area contributed by atoms with Crippen LogP contribution in [0.4, 0.5) is 0 Å². The predicted octanol–water partition coefficient (Wildman–Crippen LogP) is 2.66. The van der Waals surface area contributed by atoms with Gasteiger partial charge in [-0.1, -0.05) is 13.0 Å². The van der Waals surface area contributed by atoms with Crippen molar-refractivity contribution in [3.8, 4) is 17.6 Å². The van der Waals surface area contributed by atoms with Crippen LogP contribution in [0.25, 0.3) is 0 Å². The SMILES string of the molecule is CCCNC(C)(C#N)COc1ccc(C)cc1OC. The lowest BCUT2D eigenvalue weighted by Crippen LogP contribution is -2.46. The van der Waals surface area contributed by atoms with E-state index in [0.29, 0.717) is 11.5 Å². The Morgan fingerprint density at radius 3 is 2.68 bits per heavy atom. The Morgan fingerprint density at radius 1 is 1.37 bits per heavy atom. The average molecular weight is 262 g/mol. The molecule has 1 atom stereocenters. The zero-order valence-corrected chi connectivity index (χ0v) is 12.1. The number of nitrogens with zero attached hydrogens (tertiary/aromatic N) is 1. The Labute approximate surface area is 115 Å². The van der Waals surface area contributed by atoms with Crippen molar-refractivity contribution in [1.82, 2.24) is 5.32 Å². The fourth-order valence-corrected chi connectivity index (χ4v) is 1.64. The van der Waals surface area contributed by atoms with Crippen LogP contribution in [0.5, 0.6) is 11.5 Å². The molecule has 0 aliphatic rings. The third kappa shape index (κ3) is 4.46. The number of ether oxygens (including phenoxy) is 2. The molecule has 0 radical (unpaired) electrons. The zero-order chi connectivity index (χ0) is 14.3. The van der Waals surface area contributed by atoms with E-state index in [2.05, 4.69) is 18.3 Å². The van der Waals surface area contributed by atoms with Crippen LogP contribution in [0.1, 0.15) is 25.8 Å². The molecule has 1 aromatic carbocycles. The summed E-state index contributed by atoms with van der Waals surface area (Å²) in [6.45, 7) is 6.97. The summed E-state index contributed by atoms with van der Waals surface area (Å²) in [7, 11) is 1.61. The van der Waals surface area contributed by atoms with Crippen LogP contribution in [0, 0.1) is 18.3 Å². The molecule has 0 fully saturated rings. The second-order valence-corrected chi connectivity index (χ2v) is 4.81. The molecule has 0 spiro atoms. The van der Waals surface area contributed by atoms with E-state index in [4.69, 9.17) is 9.47 Å². The number of rotatable bonds is 7. The topological polar surface area (TPSA) is 54.3 Å². The molecule has 1 rings (SSSR count). The second-order valence-electron chi connectivity index (χ2n) is 4.81. The van der Waals surface area contributed by atoms with Crippen molar-refractivity contribution in [2.24, 2.45) is 0 Å². The first-order valence-electron chi connectivity index (χ1n) is 6.48. The molecule has 0 aliphatic heterocycles. The average Bonchev–Trinajstić information content (AvgIpc) is 2.43. The Kier molecular flexibility index (Phi) is 5.65. The van der Waals surface area contributed by atoms with Gasteiger partial charge in [0.15, 0.2) is 11.5 Å². The van der Waals surface area contributed by atoms with E-state index in [1.165, 1.54) is 0 Å².